The van der Waals surface area contributed by atoms with E-state index in [1.807, 2.05) is 49.4 Å². The standard InChI is InChI=1S/C15H14N2OS2/c1-10-2-4-11(5-3-10)9-20(18)15-17-13-7-6-12(16)8-14(13)19-15/h2-8H,9,16H2,1H3. The Labute approximate surface area is 123 Å². The molecule has 3 rings (SSSR count). The molecule has 5 heteroatoms. The minimum atomic E-state index is -1.11. The Hall–Kier alpha value is -1.72. The Kier molecular flexibility index (Phi) is 3.54. The van der Waals surface area contributed by atoms with E-state index in [-0.39, 0.29) is 0 Å². The van der Waals surface area contributed by atoms with Crippen molar-refractivity contribution in [3.05, 3.63) is 53.6 Å². The van der Waals surface area contributed by atoms with E-state index in [2.05, 4.69) is 4.98 Å². The van der Waals surface area contributed by atoms with Gasteiger partial charge in [0.1, 0.15) is 0 Å². The summed E-state index contributed by atoms with van der Waals surface area (Å²) in [6, 6.07) is 13.6. The van der Waals surface area contributed by atoms with Gasteiger partial charge in [0.2, 0.25) is 0 Å². The highest BCUT2D eigenvalue weighted by Gasteiger charge is 2.11. The number of rotatable bonds is 3. The third kappa shape index (κ3) is 2.73. The van der Waals surface area contributed by atoms with Crippen LogP contribution in [0, 0.1) is 6.92 Å². The number of hydrogen-bond donors (Lipinski definition) is 1. The monoisotopic (exact) mass is 302 g/mol. The maximum atomic E-state index is 12.4. The molecule has 0 aliphatic heterocycles. The van der Waals surface area contributed by atoms with Crippen molar-refractivity contribution in [2.75, 3.05) is 5.73 Å². The van der Waals surface area contributed by atoms with E-state index in [0.717, 1.165) is 15.8 Å². The van der Waals surface area contributed by atoms with Crippen LogP contribution in [0.3, 0.4) is 0 Å². The average molecular weight is 302 g/mol. The van der Waals surface area contributed by atoms with Gasteiger partial charge in [0.25, 0.3) is 0 Å². The number of nitrogens with zero attached hydrogens (tertiary/aromatic N) is 1. The molecule has 1 aromatic heterocycles. The molecule has 0 aliphatic carbocycles. The van der Waals surface area contributed by atoms with Gasteiger partial charge in [0.05, 0.1) is 26.8 Å². The van der Waals surface area contributed by atoms with Crippen LogP contribution in [-0.2, 0) is 16.6 Å². The van der Waals surface area contributed by atoms with Crippen molar-refractivity contribution in [2.45, 2.75) is 17.0 Å². The van der Waals surface area contributed by atoms with Gasteiger partial charge < -0.3 is 5.73 Å². The van der Waals surface area contributed by atoms with Crippen LogP contribution in [0.4, 0.5) is 5.69 Å². The molecule has 3 aromatic rings. The molecule has 0 saturated carbocycles. The molecular weight excluding hydrogens is 288 g/mol. The van der Waals surface area contributed by atoms with Crippen molar-refractivity contribution in [3.8, 4) is 0 Å². The highest BCUT2D eigenvalue weighted by molar-refractivity contribution is 7.86. The minimum Gasteiger partial charge on any atom is -0.399 e. The van der Waals surface area contributed by atoms with E-state index in [1.165, 1.54) is 16.9 Å². The molecule has 20 heavy (non-hydrogen) atoms. The zero-order valence-corrected chi connectivity index (χ0v) is 12.6. The molecule has 1 atom stereocenters. The highest BCUT2D eigenvalue weighted by atomic mass is 32.2. The predicted molar refractivity (Wildman–Crippen MR) is 85.3 cm³/mol. The fourth-order valence-electron chi connectivity index (χ4n) is 1.91. The molecule has 2 N–H and O–H groups in total. The smallest absolute Gasteiger partial charge is 0.182 e. The summed E-state index contributed by atoms with van der Waals surface area (Å²) >= 11 is 1.45. The number of aryl methyl sites for hydroxylation is 1. The van der Waals surface area contributed by atoms with Crippen molar-refractivity contribution >= 4 is 38.0 Å². The van der Waals surface area contributed by atoms with Crippen molar-refractivity contribution in [2.24, 2.45) is 0 Å². The van der Waals surface area contributed by atoms with Crippen molar-refractivity contribution in [1.29, 1.82) is 0 Å². The number of nitrogen functional groups attached to an aromatic ring is 1. The summed E-state index contributed by atoms with van der Waals surface area (Å²) < 4.78 is 14.0. The summed E-state index contributed by atoms with van der Waals surface area (Å²) in [6.45, 7) is 2.04. The first-order chi connectivity index (χ1) is 9.61. The normalized spacial score (nSPS) is 12.7. The first-order valence-electron chi connectivity index (χ1n) is 6.22. The van der Waals surface area contributed by atoms with Crippen molar-refractivity contribution in [1.82, 2.24) is 4.98 Å². The van der Waals surface area contributed by atoms with Crippen LogP contribution >= 0.6 is 11.3 Å². The lowest BCUT2D eigenvalue weighted by Gasteiger charge is -1.99. The Bertz CT molecular complexity index is 778. The number of nitrogens with two attached hydrogens (primary N) is 1. The lowest BCUT2D eigenvalue weighted by atomic mass is 10.2. The number of benzene rings is 2. The molecule has 0 aliphatic rings. The van der Waals surface area contributed by atoms with E-state index in [4.69, 9.17) is 5.73 Å². The molecule has 0 radical (unpaired) electrons. The summed E-state index contributed by atoms with van der Waals surface area (Å²) in [4.78, 5) is 4.43. The van der Waals surface area contributed by atoms with Gasteiger partial charge in [-0.25, -0.2) is 4.98 Å². The summed E-state index contributed by atoms with van der Waals surface area (Å²) in [7, 11) is -1.11. The molecule has 1 heterocycles. The summed E-state index contributed by atoms with van der Waals surface area (Å²) in [6.07, 6.45) is 0. The van der Waals surface area contributed by atoms with E-state index in [0.29, 0.717) is 15.8 Å². The van der Waals surface area contributed by atoms with Gasteiger partial charge in [-0.2, -0.15) is 0 Å². The lowest BCUT2D eigenvalue weighted by Crippen LogP contribution is -1.95. The Morgan fingerprint density at radius 3 is 2.70 bits per heavy atom. The molecule has 102 valence electrons. The van der Waals surface area contributed by atoms with Crippen LogP contribution in [0.5, 0.6) is 0 Å². The largest absolute Gasteiger partial charge is 0.399 e. The van der Waals surface area contributed by atoms with Gasteiger partial charge in [0, 0.05) is 5.69 Å². The van der Waals surface area contributed by atoms with Gasteiger partial charge >= 0.3 is 0 Å². The quantitative estimate of drug-likeness (QED) is 0.753. The second kappa shape index (κ2) is 5.34. The van der Waals surface area contributed by atoms with E-state index in [1.54, 1.807) is 0 Å². The SMILES string of the molecule is Cc1ccc(CS(=O)c2nc3ccc(N)cc3s2)cc1. The van der Waals surface area contributed by atoms with Crippen LogP contribution < -0.4 is 5.73 Å². The van der Waals surface area contributed by atoms with Crippen LogP contribution in [0.2, 0.25) is 0 Å². The van der Waals surface area contributed by atoms with Gasteiger partial charge in [0.15, 0.2) is 4.34 Å². The van der Waals surface area contributed by atoms with Crippen LogP contribution in [0.1, 0.15) is 11.1 Å². The third-order valence-electron chi connectivity index (χ3n) is 3.01. The van der Waals surface area contributed by atoms with Crippen LogP contribution in [0.25, 0.3) is 10.2 Å². The Balaban J connectivity index is 1.86. The second-order valence-electron chi connectivity index (χ2n) is 4.68. The molecule has 0 spiro atoms. The molecule has 0 amide bonds. The molecular formula is C15H14N2OS2. The van der Waals surface area contributed by atoms with Gasteiger partial charge in [-0.1, -0.05) is 29.8 Å². The zero-order chi connectivity index (χ0) is 14.1. The molecule has 3 nitrogen and oxygen atoms in total. The summed E-state index contributed by atoms with van der Waals surface area (Å²) in [5.41, 5.74) is 9.58. The predicted octanol–water partition coefficient (Wildman–Crippen LogP) is 3.49. The van der Waals surface area contributed by atoms with E-state index >= 15 is 0 Å². The fraction of sp³-hybridized carbons (Fsp3) is 0.133. The number of aromatic nitrogens is 1. The molecule has 0 bridgehead atoms. The topological polar surface area (TPSA) is 56.0 Å². The number of hydrogen-bond acceptors (Lipinski definition) is 4. The van der Waals surface area contributed by atoms with Crippen LogP contribution in [0.15, 0.2) is 46.8 Å². The maximum Gasteiger partial charge on any atom is 0.182 e. The molecule has 1 unspecified atom stereocenters. The number of thiazole rings is 1. The minimum absolute atomic E-state index is 0.496. The van der Waals surface area contributed by atoms with E-state index < -0.39 is 10.8 Å². The molecule has 0 fully saturated rings. The van der Waals surface area contributed by atoms with Crippen LogP contribution in [-0.4, -0.2) is 9.19 Å². The maximum absolute atomic E-state index is 12.4. The highest BCUT2D eigenvalue weighted by Crippen LogP contribution is 2.27. The molecule has 0 saturated heterocycles. The summed E-state index contributed by atoms with van der Waals surface area (Å²) in [5, 5.41) is 0. The fourth-order valence-corrected chi connectivity index (χ4v) is 4.30. The first kappa shape index (κ1) is 13.3. The Morgan fingerprint density at radius 2 is 1.95 bits per heavy atom. The van der Waals surface area contributed by atoms with Crippen molar-refractivity contribution < 1.29 is 4.21 Å². The number of anilines is 1. The molecule has 2 aromatic carbocycles. The number of fused-ring (bicyclic) bond motifs is 1. The Morgan fingerprint density at radius 1 is 1.20 bits per heavy atom. The van der Waals surface area contributed by atoms with Crippen molar-refractivity contribution in [3.63, 3.8) is 0 Å². The zero-order valence-electron chi connectivity index (χ0n) is 11.0. The average Bonchev–Trinajstić information content (AvgIpc) is 2.84. The lowest BCUT2D eigenvalue weighted by molar-refractivity contribution is 0.682. The summed E-state index contributed by atoms with van der Waals surface area (Å²) in [5.74, 6) is 0.496. The second-order valence-corrected chi connectivity index (χ2v) is 7.34. The van der Waals surface area contributed by atoms with Gasteiger partial charge in [-0.05, 0) is 30.7 Å². The van der Waals surface area contributed by atoms with Gasteiger partial charge in [-0.15, -0.1) is 11.3 Å². The third-order valence-corrected chi connectivity index (χ3v) is 5.70. The first-order valence-corrected chi connectivity index (χ1v) is 8.35. The van der Waals surface area contributed by atoms with E-state index in [9.17, 15) is 4.21 Å². The van der Waals surface area contributed by atoms with Gasteiger partial charge in [-0.3, -0.25) is 4.21 Å².